The number of ether oxygens (including phenoxy) is 1. The molecule has 0 saturated carbocycles. The third-order valence-electron chi connectivity index (χ3n) is 2.20. The Morgan fingerprint density at radius 3 is 2.33 bits per heavy atom. The molecule has 0 amide bonds. The molecule has 2 nitrogen and oxygen atoms in total. The first-order valence-corrected chi connectivity index (χ1v) is 4.86. The Morgan fingerprint density at radius 2 is 2.00 bits per heavy atom. The van der Waals surface area contributed by atoms with Crippen molar-refractivity contribution in [2.75, 3.05) is 6.61 Å². The number of aliphatic hydroxyl groups excluding tert-OH is 1. The molecule has 0 aliphatic heterocycles. The summed E-state index contributed by atoms with van der Waals surface area (Å²) in [7, 11) is 0. The first-order valence-electron chi connectivity index (χ1n) is 4.86. The Kier molecular flexibility index (Phi) is 5.51. The lowest BCUT2D eigenvalue weighted by Crippen LogP contribution is -2.30. The topological polar surface area (TPSA) is 29.5 Å². The number of hydrogen-bond acceptors (Lipinski definition) is 2. The van der Waals surface area contributed by atoms with Crippen LogP contribution in [0.2, 0.25) is 0 Å². The van der Waals surface area contributed by atoms with Crippen molar-refractivity contribution in [1.82, 2.24) is 0 Å². The standard InChI is InChI=1S/C10H22O2/c1-5-7-10(4,6-2)12-8-9(3)11/h9,11H,5-8H2,1-4H3. The van der Waals surface area contributed by atoms with Gasteiger partial charge in [-0.3, -0.25) is 0 Å². The molecule has 0 spiro atoms. The molecule has 2 atom stereocenters. The second-order valence-corrected chi connectivity index (χ2v) is 3.71. The van der Waals surface area contributed by atoms with Gasteiger partial charge in [0.25, 0.3) is 0 Å². The van der Waals surface area contributed by atoms with Gasteiger partial charge in [-0.25, -0.2) is 0 Å². The Hall–Kier alpha value is -0.0800. The minimum atomic E-state index is -0.354. The van der Waals surface area contributed by atoms with Crippen LogP contribution in [0.3, 0.4) is 0 Å². The monoisotopic (exact) mass is 174 g/mol. The van der Waals surface area contributed by atoms with Crippen molar-refractivity contribution in [2.45, 2.75) is 58.7 Å². The van der Waals surface area contributed by atoms with Crippen molar-refractivity contribution < 1.29 is 9.84 Å². The number of aliphatic hydroxyl groups is 1. The first kappa shape index (κ1) is 11.9. The van der Waals surface area contributed by atoms with E-state index in [1.807, 2.05) is 0 Å². The third kappa shape index (κ3) is 4.73. The number of rotatable bonds is 6. The summed E-state index contributed by atoms with van der Waals surface area (Å²) in [5, 5.41) is 9.05. The normalized spacial score (nSPS) is 18.8. The van der Waals surface area contributed by atoms with Gasteiger partial charge >= 0.3 is 0 Å². The molecule has 0 aliphatic carbocycles. The second kappa shape index (κ2) is 5.55. The quantitative estimate of drug-likeness (QED) is 0.669. The van der Waals surface area contributed by atoms with Gasteiger partial charge in [0.15, 0.2) is 0 Å². The molecule has 12 heavy (non-hydrogen) atoms. The van der Waals surface area contributed by atoms with E-state index in [0.717, 1.165) is 19.3 Å². The summed E-state index contributed by atoms with van der Waals surface area (Å²) >= 11 is 0. The van der Waals surface area contributed by atoms with Crippen molar-refractivity contribution >= 4 is 0 Å². The predicted molar refractivity (Wildman–Crippen MR) is 51.2 cm³/mol. The smallest absolute Gasteiger partial charge is 0.0745 e. The summed E-state index contributed by atoms with van der Waals surface area (Å²) in [6, 6.07) is 0. The molecule has 0 aromatic heterocycles. The summed E-state index contributed by atoms with van der Waals surface area (Å²) in [6.07, 6.45) is 2.85. The van der Waals surface area contributed by atoms with Crippen LogP contribution in [0.1, 0.15) is 47.0 Å². The predicted octanol–water partition coefficient (Wildman–Crippen LogP) is 2.35. The highest BCUT2D eigenvalue weighted by atomic mass is 16.5. The van der Waals surface area contributed by atoms with Crippen LogP contribution in [0.25, 0.3) is 0 Å². The second-order valence-electron chi connectivity index (χ2n) is 3.71. The lowest BCUT2D eigenvalue weighted by atomic mass is 9.97. The van der Waals surface area contributed by atoms with Crippen LogP contribution in [0.4, 0.5) is 0 Å². The fourth-order valence-electron chi connectivity index (χ4n) is 1.20. The Bertz CT molecular complexity index is 112. The molecule has 0 fully saturated rings. The minimum Gasteiger partial charge on any atom is -0.391 e. The third-order valence-corrected chi connectivity index (χ3v) is 2.20. The van der Waals surface area contributed by atoms with Crippen molar-refractivity contribution in [3.63, 3.8) is 0 Å². The molecule has 0 bridgehead atoms. The molecule has 1 N–H and O–H groups in total. The molecule has 2 heteroatoms. The molecule has 0 aromatic carbocycles. The minimum absolute atomic E-state index is 0.0360. The van der Waals surface area contributed by atoms with E-state index in [0.29, 0.717) is 6.61 Å². The van der Waals surface area contributed by atoms with E-state index in [4.69, 9.17) is 9.84 Å². The van der Waals surface area contributed by atoms with Crippen molar-refractivity contribution in [1.29, 1.82) is 0 Å². The van der Waals surface area contributed by atoms with Gasteiger partial charge in [-0.1, -0.05) is 20.3 Å². The molecule has 0 rings (SSSR count). The highest BCUT2D eigenvalue weighted by Gasteiger charge is 2.21. The van der Waals surface area contributed by atoms with Crippen LogP contribution < -0.4 is 0 Å². The molecule has 0 radical (unpaired) electrons. The van der Waals surface area contributed by atoms with Gasteiger partial charge in [0.2, 0.25) is 0 Å². The SMILES string of the molecule is CCCC(C)(CC)OCC(C)O. The van der Waals surface area contributed by atoms with Crippen LogP contribution in [-0.2, 0) is 4.74 Å². The molecule has 0 saturated heterocycles. The van der Waals surface area contributed by atoms with E-state index in [9.17, 15) is 0 Å². The van der Waals surface area contributed by atoms with E-state index in [1.165, 1.54) is 0 Å². The van der Waals surface area contributed by atoms with Gasteiger partial charge in [-0.05, 0) is 26.7 Å². The van der Waals surface area contributed by atoms with E-state index >= 15 is 0 Å². The summed E-state index contributed by atoms with van der Waals surface area (Å²) in [5.41, 5.74) is -0.0360. The highest BCUT2D eigenvalue weighted by Crippen LogP contribution is 2.21. The molecule has 0 aromatic rings. The lowest BCUT2D eigenvalue weighted by molar-refractivity contribution is -0.0723. The van der Waals surface area contributed by atoms with Crippen LogP contribution in [-0.4, -0.2) is 23.4 Å². The summed E-state index contributed by atoms with van der Waals surface area (Å²) < 4.78 is 5.63. The van der Waals surface area contributed by atoms with Crippen LogP contribution >= 0.6 is 0 Å². The average Bonchev–Trinajstić information content (AvgIpc) is 2.02. The van der Waals surface area contributed by atoms with Crippen LogP contribution in [0.5, 0.6) is 0 Å². The molecular weight excluding hydrogens is 152 g/mol. The zero-order valence-electron chi connectivity index (χ0n) is 8.76. The molecule has 0 heterocycles. The Balaban J connectivity index is 3.78. The maximum atomic E-state index is 9.05. The van der Waals surface area contributed by atoms with Crippen LogP contribution in [0, 0.1) is 0 Å². The van der Waals surface area contributed by atoms with Crippen LogP contribution in [0.15, 0.2) is 0 Å². The lowest BCUT2D eigenvalue weighted by Gasteiger charge is -2.29. The van der Waals surface area contributed by atoms with Gasteiger partial charge in [0.05, 0.1) is 18.3 Å². The van der Waals surface area contributed by atoms with E-state index in [-0.39, 0.29) is 11.7 Å². The summed E-state index contributed by atoms with van der Waals surface area (Å²) in [4.78, 5) is 0. The van der Waals surface area contributed by atoms with Crippen molar-refractivity contribution in [3.8, 4) is 0 Å². The van der Waals surface area contributed by atoms with Gasteiger partial charge in [-0.2, -0.15) is 0 Å². The van der Waals surface area contributed by atoms with Gasteiger partial charge < -0.3 is 9.84 Å². The Labute approximate surface area is 75.9 Å². The Morgan fingerprint density at radius 1 is 1.42 bits per heavy atom. The van der Waals surface area contributed by atoms with Crippen molar-refractivity contribution in [2.24, 2.45) is 0 Å². The van der Waals surface area contributed by atoms with Crippen molar-refractivity contribution in [3.05, 3.63) is 0 Å². The van der Waals surface area contributed by atoms with E-state index < -0.39 is 0 Å². The van der Waals surface area contributed by atoms with Gasteiger partial charge in [0.1, 0.15) is 0 Å². The maximum absolute atomic E-state index is 9.05. The zero-order chi connectivity index (χ0) is 9.61. The summed E-state index contributed by atoms with van der Waals surface area (Å²) in [6.45, 7) is 8.59. The zero-order valence-corrected chi connectivity index (χ0v) is 8.76. The van der Waals surface area contributed by atoms with Gasteiger partial charge in [-0.15, -0.1) is 0 Å². The van der Waals surface area contributed by atoms with E-state index in [1.54, 1.807) is 6.92 Å². The van der Waals surface area contributed by atoms with E-state index in [2.05, 4.69) is 20.8 Å². The largest absolute Gasteiger partial charge is 0.391 e. The molecule has 74 valence electrons. The molecule has 2 unspecified atom stereocenters. The average molecular weight is 174 g/mol. The van der Waals surface area contributed by atoms with Gasteiger partial charge in [0, 0.05) is 0 Å². The molecular formula is C10H22O2. The summed E-state index contributed by atoms with van der Waals surface area (Å²) in [5.74, 6) is 0. The molecule has 0 aliphatic rings. The number of hydrogen-bond donors (Lipinski definition) is 1. The fraction of sp³-hybridized carbons (Fsp3) is 1.00. The maximum Gasteiger partial charge on any atom is 0.0745 e. The highest BCUT2D eigenvalue weighted by molar-refractivity contribution is 4.72. The first-order chi connectivity index (χ1) is 5.54. The fourth-order valence-corrected chi connectivity index (χ4v) is 1.20.